The molecule has 1 aromatic heterocycles. The van der Waals surface area contributed by atoms with Gasteiger partial charge in [-0.15, -0.1) is 11.8 Å². The van der Waals surface area contributed by atoms with Crippen LogP contribution in [-0.4, -0.2) is 61.3 Å². The maximum Gasteiger partial charge on any atom is 0.240 e. The van der Waals surface area contributed by atoms with Gasteiger partial charge in [-0.1, -0.05) is 66.2 Å². The number of carbonyl (C=O) groups excluding carboxylic acids is 2. The summed E-state index contributed by atoms with van der Waals surface area (Å²) in [6.07, 6.45) is 0.687. The number of amides is 2. The highest BCUT2D eigenvalue weighted by molar-refractivity contribution is 8.00. The Balaban J connectivity index is 1.72. The number of nitrogens with zero attached hydrogens (tertiary/aromatic N) is 3. The van der Waals surface area contributed by atoms with Gasteiger partial charge in [0.05, 0.1) is 29.5 Å². The lowest BCUT2D eigenvalue weighted by Gasteiger charge is -2.23. The molecule has 41 heavy (non-hydrogen) atoms. The summed E-state index contributed by atoms with van der Waals surface area (Å²) in [5.41, 5.74) is 5.40. The number of nitrogens with one attached hydrogen (secondary N) is 1. The van der Waals surface area contributed by atoms with Crippen LogP contribution in [0.15, 0.2) is 78.9 Å². The highest BCUT2D eigenvalue weighted by Gasteiger charge is 2.38. The van der Waals surface area contributed by atoms with Gasteiger partial charge < -0.3 is 14.8 Å². The van der Waals surface area contributed by atoms with Crippen molar-refractivity contribution in [2.45, 2.75) is 18.6 Å². The average molecular weight is 571 g/mol. The normalized spacial score (nSPS) is 14.9. The Morgan fingerprint density at radius 3 is 2.49 bits per heavy atom. The molecule has 4 aromatic rings. The van der Waals surface area contributed by atoms with Crippen molar-refractivity contribution in [3.05, 3.63) is 95.6 Å². The molecule has 0 aliphatic carbocycles. The number of ether oxygens (including phenoxy) is 2. The van der Waals surface area contributed by atoms with Gasteiger partial charge >= 0.3 is 0 Å². The minimum Gasteiger partial charge on any atom is -0.496 e. The number of rotatable bonds is 10. The second kappa shape index (κ2) is 13.1. The molecule has 0 fully saturated rings. The third-order valence-electron chi connectivity index (χ3n) is 6.99. The Hall–Kier alpha value is -4.08. The Morgan fingerprint density at radius 1 is 1.02 bits per heavy atom. The summed E-state index contributed by atoms with van der Waals surface area (Å²) in [5.74, 6) is 1.12. The predicted molar refractivity (Wildman–Crippen MR) is 163 cm³/mol. The van der Waals surface area contributed by atoms with Crippen molar-refractivity contribution < 1.29 is 19.1 Å². The summed E-state index contributed by atoms with van der Waals surface area (Å²) >= 11 is 1.52. The summed E-state index contributed by atoms with van der Waals surface area (Å²) in [5, 5.41) is 7.80. The Morgan fingerprint density at radius 2 is 1.76 bits per heavy atom. The number of hydrogen-bond acceptors (Lipinski definition) is 6. The van der Waals surface area contributed by atoms with Crippen LogP contribution in [0.5, 0.6) is 5.75 Å². The molecule has 1 aliphatic rings. The fraction of sp³-hybridized carbons (Fsp3) is 0.281. The van der Waals surface area contributed by atoms with Crippen molar-refractivity contribution in [2.24, 2.45) is 0 Å². The number of hydrogen-bond donors (Lipinski definition) is 1. The molecule has 5 rings (SSSR count). The van der Waals surface area contributed by atoms with Gasteiger partial charge in [-0.3, -0.25) is 14.5 Å². The van der Waals surface area contributed by atoms with Crippen LogP contribution in [-0.2, 0) is 14.3 Å². The number of anilines is 1. The topological polar surface area (TPSA) is 85.7 Å². The standard InChI is InChI=1S/C32H34N4O4S/c1-22-14-16-24(17-15-22)36-32-29(30(34-36)23-10-5-4-6-11-23)31(25-12-7-8-13-26(25)40-3)41-21-28(38)35(32)20-27(37)33-18-9-19-39-2/h4-8,10-17,31H,9,18-21H2,1-3H3,(H,33,37)/t31-/m0/s1. The van der Waals surface area contributed by atoms with E-state index in [1.807, 2.05) is 90.5 Å². The van der Waals surface area contributed by atoms with Crippen LogP contribution in [0.3, 0.4) is 0 Å². The molecule has 1 atom stereocenters. The molecule has 0 saturated carbocycles. The second-order valence-electron chi connectivity index (χ2n) is 9.81. The van der Waals surface area contributed by atoms with Crippen LogP contribution in [0.1, 0.15) is 28.4 Å². The van der Waals surface area contributed by atoms with Gasteiger partial charge in [0.1, 0.15) is 18.1 Å². The van der Waals surface area contributed by atoms with E-state index < -0.39 is 0 Å². The molecule has 0 radical (unpaired) electrons. The number of carbonyl (C=O) groups is 2. The number of benzene rings is 3. The van der Waals surface area contributed by atoms with Crippen molar-refractivity contribution in [1.82, 2.24) is 15.1 Å². The SMILES string of the molecule is COCCCNC(=O)CN1C(=O)CS[C@@H](c2ccccc2OC)c2c(-c3ccccc3)nn(-c3ccc(C)cc3)c21. The van der Waals surface area contributed by atoms with Crippen LogP contribution in [0.2, 0.25) is 0 Å². The molecule has 2 heterocycles. The van der Waals surface area contributed by atoms with Gasteiger partial charge in [-0.05, 0) is 31.5 Å². The molecule has 212 valence electrons. The first-order chi connectivity index (χ1) is 20.0. The Labute approximate surface area is 244 Å². The lowest BCUT2D eigenvalue weighted by Crippen LogP contribution is -2.42. The van der Waals surface area contributed by atoms with Gasteiger partial charge in [0.25, 0.3) is 0 Å². The zero-order valence-electron chi connectivity index (χ0n) is 23.5. The van der Waals surface area contributed by atoms with Crippen molar-refractivity contribution in [2.75, 3.05) is 44.6 Å². The van der Waals surface area contributed by atoms with E-state index >= 15 is 0 Å². The van der Waals surface area contributed by atoms with Crippen LogP contribution >= 0.6 is 11.8 Å². The van der Waals surface area contributed by atoms with E-state index in [-0.39, 0.29) is 29.4 Å². The minimum absolute atomic E-state index is 0.121. The fourth-order valence-corrected chi connectivity index (χ4v) is 6.19. The lowest BCUT2D eigenvalue weighted by molar-refractivity contribution is -0.122. The number of aromatic nitrogens is 2. The Kier molecular flexibility index (Phi) is 9.06. The van der Waals surface area contributed by atoms with Crippen molar-refractivity contribution in [3.63, 3.8) is 0 Å². The van der Waals surface area contributed by atoms with Gasteiger partial charge in [0.2, 0.25) is 11.8 Å². The van der Waals surface area contributed by atoms with Gasteiger partial charge in [-0.2, -0.15) is 5.10 Å². The smallest absolute Gasteiger partial charge is 0.240 e. The molecule has 8 nitrogen and oxygen atoms in total. The summed E-state index contributed by atoms with van der Waals surface area (Å²) in [6.45, 7) is 2.92. The first-order valence-corrected chi connectivity index (χ1v) is 14.6. The van der Waals surface area contributed by atoms with E-state index in [9.17, 15) is 9.59 Å². The third kappa shape index (κ3) is 6.16. The van der Waals surface area contributed by atoms with Crippen LogP contribution in [0, 0.1) is 6.92 Å². The number of thioether (sulfide) groups is 1. The molecule has 0 saturated heterocycles. The Bertz CT molecular complexity index is 1500. The molecular formula is C32H34N4O4S. The van der Waals surface area contributed by atoms with Gasteiger partial charge in [-0.25, -0.2) is 4.68 Å². The number of para-hydroxylation sites is 1. The highest BCUT2D eigenvalue weighted by atomic mass is 32.2. The molecule has 1 aliphatic heterocycles. The lowest BCUT2D eigenvalue weighted by atomic mass is 9.99. The van der Waals surface area contributed by atoms with Gasteiger partial charge in [0.15, 0.2) is 0 Å². The summed E-state index contributed by atoms with van der Waals surface area (Å²) in [6, 6.07) is 25.8. The molecule has 0 bridgehead atoms. The molecule has 9 heteroatoms. The van der Waals surface area contributed by atoms with Crippen molar-refractivity contribution in [3.8, 4) is 22.7 Å². The van der Waals surface area contributed by atoms with Crippen molar-refractivity contribution in [1.29, 1.82) is 0 Å². The average Bonchev–Trinajstić information content (AvgIpc) is 3.33. The first kappa shape index (κ1) is 28.4. The zero-order valence-corrected chi connectivity index (χ0v) is 24.3. The molecule has 3 aromatic carbocycles. The predicted octanol–water partition coefficient (Wildman–Crippen LogP) is 5.18. The second-order valence-corrected chi connectivity index (χ2v) is 10.9. The van der Waals surface area contributed by atoms with Gasteiger partial charge in [0, 0.05) is 37.0 Å². The van der Waals surface area contributed by atoms with E-state index in [1.54, 1.807) is 19.1 Å². The largest absolute Gasteiger partial charge is 0.496 e. The van der Waals surface area contributed by atoms with Crippen LogP contribution in [0.4, 0.5) is 5.82 Å². The maximum atomic E-state index is 13.8. The minimum atomic E-state index is -0.269. The third-order valence-corrected chi connectivity index (χ3v) is 8.22. The quantitative estimate of drug-likeness (QED) is 0.265. The highest BCUT2D eigenvalue weighted by Crippen LogP contribution is 2.50. The summed E-state index contributed by atoms with van der Waals surface area (Å²) in [7, 11) is 3.28. The van der Waals surface area contributed by atoms with Crippen LogP contribution in [0.25, 0.3) is 16.9 Å². The molecule has 1 N–H and O–H groups in total. The number of fused-ring (bicyclic) bond motifs is 1. The summed E-state index contributed by atoms with van der Waals surface area (Å²) < 4.78 is 12.7. The number of methoxy groups -OCH3 is 2. The fourth-order valence-electron chi connectivity index (χ4n) is 4.97. The zero-order chi connectivity index (χ0) is 28.8. The van der Waals surface area contributed by atoms with E-state index in [2.05, 4.69) is 5.32 Å². The molecule has 0 spiro atoms. The van der Waals surface area contributed by atoms with E-state index in [0.717, 1.165) is 39.4 Å². The molecule has 2 amide bonds. The van der Waals surface area contributed by atoms with Crippen molar-refractivity contribution >= 4 is 29.4 Å². The molecular weight excluding hydrogens is 536 g/mol. The molecule has 0 unspecified atom stereocenters. The number of aryl methyl sites for hydroxylation is 1. The maximum absolute atomic E-state index is 13.8. The van der Waals surface area contributed by atoms with Crippen LogP contribution < -0.4 is 15.0 Å². The van der Waals surface area contributed by atoms with E-state index in [1.165, 1.54) is 11.8 Å². The summed E-state index contributed by atoms with van der Waals surface area (Å²) in [4.78, 5) is 28.6. The van der Waals surface area contributed by atoms with E-state index in [0.29, 0.717) is 25.4 Å². The monoisotopic (exact) mass is 570 g/mol. The first-order valence-electron chi connectivity index (χ1n) is 13.6. The van der Waals surface area contributed by atoms with E-state index in [4.69, 9.17) is 14.6 Å².